The number of aromatic nitrogens is 1. The standard InChI is InChI=1S/C17H21N3O2/c1-3-15(17(21)19-16-9-11(2)22-20-16)18-14-8-7-12-5-4-6-13(12)10-14/h7-10,15,18H,3-6H2,1-2H3,(H,19,20,21). The van der Waals surface area contributed by atoms with E-state index in [4.69, 9.17) is 4.52 Å². The second kappa shape index (κ2) is 6.22. The number of nitrogens with one attached hydrogen (secondary N) is 2. The van der Waals surface area contributed by atoms with Gasteiger partial charge in [0.15, 0.2) is 5.82 Å². The summed E-state index contributed by atoms with van der Waals surface area (Å²) in [6.07, 6.45) is 4.21. The molecule has 0 aliphatic heterocycles. The topological polar surface area (TPSA) is 67.2 Å². The molecule has 116 valence electrons. The third kappa shape index (κ3) is 3.13. The first-order valence-corrected chi connectivity index (χ1v) is 7.78. The van der Waals surface area contributed by atoms with Gasteiger partial charge in [0.05, 0.1) is 0 Å². The number of carbonyl (C=O) groups is 1. The van der Waals surface area contributed by atoms with Gasteiger partial charge in [-0.25, -0.2) is 0 Å². The summed E-state index contributed by atoms with van der Waals surface area (Å²) in [5.41, 5.74) is 3.83. The molecule has 1 atom stereocenters. The molecule has 1 amide bonds. The fourth-order valence-electron chi connectivity index (χ4n) is 2.85. The Morgan fingerprint density at radius 1 is 1.32 bits per heavy atom. The Bertz CT molecular complexity index is 678. The molecule has 1 heterocycles. The van der Waals surface area contributed by atoms with Gasteiger partial charge in [-0.15, -0.1) is 0 Å². The maximum absolute atomic E-state index is 12.3. The first kappa shape index (κ1) is 14.6. The number of benzene rings is 1. The van der Waals surface area contributed by atoms with Crippen molar-refractivity contribution >= 4 is 17.4 Å². The molecule has 22 heavy (non-hydrogen) atoms. The monoisotopic (exact) mass is 299 g/mol. The molecule has 0 spiro atoms. The van der Waals surface area contributed by atoms with Gasteiger partial charge in [0, 0.05) is 11.8 Å². The second-order valence-corrected chi connectivity index (χ2v) is 5.75. The average molecular weight is 299 g/mol. The molecule has 0 saturated heterocycles. The summed E-state index contributed by atoms with van der Waals surface area (Å²) in [5.74, 6) is 1.03. The van der Waals surface area contributed by atoms with Crippen LogP contribution in [0.1, 0.15) is 36.7 Å². The lowest BCUT2D eigenvalue weighted by atomic mass is 10.1. The van der Waals surface area contributed by atoms with Gasteiger partial charge in [0.25, 0.3) is 0 Å². The molecule has 5 heteroatoms. The van der Waals surface area contributed by atoms with Gasteiger partial charge in [0.1, 0.15) is 11.8 Å². The van der Waals surface area contributed by atoms with Crippen molar-refractivity contribution in [2.24, 2.45) is 0 Å². The maximum Gasteiger partial charge on any atom is 0.248 e. The molecule has 1 aliphatic carbocycles. The van der Waals surface area contributed by atoms with Crippen LogP contribution in [0.25, 0.3) is 0 Å². The molecule has 1 aromatic carbocycles. The highest BCUT2D eigenvalue weighted by molar-refractivity contribution is 5.95. The Hall–Kier alpha value is -2.30. The van der Waals surface area contributed by atoms with Crippen LogP contribution in [0.4, 0.5) is 11.5 Å². The van der Waals surface area contributed by atoms with Gasteiger partial charge in [-0.05, 0) is 55.9 Å². The maximum atomic E-state index is 12.3. The average Bonchev–Trinajstić information content (AvgIpc) is 3.12. The van der Waals surface area contributed by atoms with Gasteiger partial charge >= 0.3 is 0 Å². The van der Waals surface area contributed by atoms with Crippen LogP contribution in [0.2, 0.25) is 0 Å². The molecule has 1 aliphatic rings. The summed E-state index contributed by atoms with van der Waals surface area (Å²) in [5, 5.41) is 9.89. The number of nitrogens with zero attached hydrogens (tertiary/aromatic N) is 1. The molecule has 0 bridgehead atoms. The fourth-order valence-corrected chi connectivity index (χ4v) is 2.85. The largest absolute Gasteiger partial charge is 0.374 e. The number of anilines is 2. The van der Waals surface area contributed by atoms with Crippen molar-refractivity contribution in [2.45, 2.75) is 45.6 Å². The first-order chi connectivity index (χ1) is 10.7. The number of amides is 1. The third-order valence-corrected chi connectivity index (χ3v) is 4.04. The Balaban J connectivity index is 1.67. The normalized spacial score (nSPS) is 14.5. The molecule has 0 saturated carbocycles. The molecule has 0 radical (unpaired) electrons. The zero-order valence-corrected chi connectivity index (χ0v) is 13.0. The van der Waals surface area contributed by atoms with Gasteiger partial charge in [-0.3, -0.25) is 4.79 Å². The van der Waals surface area contributed by atoms with Crippen molar-refractivity contribution < 1.29 is 9.32 Å². The zero-order chi connectivity index (χ0) is 15.5. The van der Waals surface area contributed by atoms with E-state index in [0.717, 1.165) is 12.1 Å². The Kier molecular flexibility index (Phi) is 4.13. The summed E-state index contributed by atoms with van der Waals surface area (Å²) in [6.45, 7) is 3.78. The van der Waals surface area contributed by atoms with Crippen molar-refractivity contribution in [2.75, 3.05) is 10.6 Å². The molecule has 0 fully saturated rings. The number of fused-ring (bicyclic) bond motifs is 1. The summed E-state index contributed by atoms with van der Waals surface area (Å²) < 4.78 is 4.96. The molecular weight excluding hydrogens is 278 g/mol. The van der Waals surface area contributed by atoms with Gasteiger partial charge < -0.3 is 15.2 Å². The van der Waals surface area contributed by atoms with E-state index in [1.165, 1.54) is 24.0 Å². The second-order valence-electron chi connectivity index (χ2n) is 5.75. The molecular formula is C17H21N3O2. The Labute approximate surface area is 130 Å². The highest BCUT2D eigenvalue weighted by Crippen LogP contribution is 2.25. The number of hydrogen-bond donors (Lipinski definition) is 2. The lowest BCUT2D eigenvalue weighted by Crippen LogP contribution is -2.34. The summed E-state index contributed by atoms with van der Waals surface area (Å²) >= 11 is 0. The SMILES string of the molecule is CCC(Nc1ccc2c(c1)CCC2)C(=O)Nc1cc(C)on1. The van der Waals surface area contributed by atoms with E-state index in [1.54, 1.807) is 13.0 Å². The minimum absolute atomic E-state index is 0.101. The Morgan fingerprint density at radius 3 is 2.86 bits per heavy atom. The van der Waals surface area contributed by atoms with Gasteiger partial charge in [-0.1, -0.05) is 18.1 Å². The number of aryl methyl sites for hydroxylation is 3. The van der Waals surface area contributed by atoms with Crippen LogP contribution < -0.4 is 10.6 Å². The smallest absolute Gasteiger partial charge is 0.248 e. The number of hydrogen-bond acceptors (Lipinski definition) is 4. The predicted molar refractivity (Wildman–Crippen MR) is 86.0 cm³/mol. The van der Waals surface area contributed by atoms with Crippen LogP contribution in [-0.4, -0.2) is 17.1 Å². The van der Waals surface area contributed by atoms with Crippen molar-refractivity contribution in [1.29, 1.82) is 0 Å². The quantitative estimate of drug-likeness (QED) is 0.889. The lowest BCUT2D eigenvalue weighted by molar-refractivity contribution is -0.117. The van der Waals surface area contributed by atoms with Crippen molar-refractivity contribution in [3.8, 4) is 0 Å². The lowest BCUT2D eigenvalue weighted by Gasteiger charge is -2.17. The molecule has 5 nitrogen and oxygen atoms in total. The van der Waals surface area contributed by atoms with E-state index in [9.17, 15) is 4.79 Å². The van der Waals surface area contributed by atoms with E-state index in [1.807, 2.05) is 6.92 Å². The van der Waals surface area contributed by atoms with Crippen LogP contribution >= 0.6 is 0 Å². The van der Waals surface area contributed by atoms with Crippen molar-refractivity contribution in [3.05, 3.63) is 41.2 Å². The van der Waals surface area contributed by atoms with Gasteiger partial charge in [0.2, 0.25) is 5.91 Å². The third-order valence-electron chi connectivity index (χ3n) is 4.04. The van der Waals surface area contributed by atoms with Crippen LogP contribution in [-0.2, 0) is 17.6 Å². The zero-order valence-electron chi connectivity index (χ0n) is 13.0. The van der Waals surface area contributed by atoms with Crippen LogP contribution in [0, 0.1) is 6.92 Å². The summed E-state index contributed by atoms with van der Waals surface area (Å²) in [6, 6.07) is 7.80. The predicted octanol–water partition coefficient (Wildman–Crippen LogP) is 3.30. The number of rotatable bonds is 5. The minimum Gasteiger partial charge on any atom is -0.374 e. The van der Waals surface area contributed by atoms with Crippen molar-refractivity contribution in [3.63, 3.8) is 0 Å². The fraction of sp³-hybridized carbons (Fsp3) is 0.412. The first-order valence-electron chi connectivity index (χ1n) is 7.78. The molecule has 3 rings (SSSR count). The minimum atomic E-state index is -0.295. The molecule has 1 aromatic heterocycles. The van der Waals surface area contributed by atoms with E-state index < -0.39 is 0 Å². The molecule has 2 aromatic rings. The number of carbonyl (C=O) groups excluding carboxylic acids is 1. The highest BCUT2D eigenvalue weighted by Gasteiger charge is 2.19. The van der Waals surface area contributed by atoms with Crippen LogP contribution in [0.3, 0.4) is 0 Å². The highest BCUT2D eigenvalue weighted by atomic mass is 16.5. The Morgan fingerprint density at radius 2 is 2.14 bits per heavy atom. The van der Waals surface area contributed by atoms with E-state index in [-0.39, 0.29) is 11.9 Å². The van der Waals surface area contributed by atoms with E-state index >= 15 is 0 Å². The van der Waals surface area contributed by atoms with Crippen LogP contribution in [0.15, 0.2) is 28.8 Å². The summed E-state index contributed by atoms with van der Waals surface area (Å²) in [4.78, 5) is 12.3. The summed E-state index contributed by atoms with van der Waals surface area (Å²) in [7, 11) is 0. The molecule has 1 unspecified atom stereocenters. The molecule has 2 N–H and O–H groups in total. The van der Waals surface area contributed by atoms with Crippen molar-refractivity contribution in [1.82, 2.24) is 5.16 Å². The van der Waals surface area contributed by atoms with Gasteiger partial charge in [-0.2, -0.15) is 0 Å². The van der Waals surface area contributed by atoms with E-state index in [0.29, 0.717) is 18.0 Å². The van der Waals surface area contributed by atoms with E-state index in [2.05, 4.69) is 34.0 Å². The van der Waals surface area contributed by atoms with Crippen LogP contribution in [0.5, 0.6) is 0 Å².